The van der Waals surface area contributed by atoms with Gasteiger partial charge < -0.3 is 9.84 Å². The van der Waals surface area contributed by atoms with Crippen molar-refractivity contribution in [2.75, 3.05) is 12.3 Å². The number of carbonyl (C=O) groups excluding carboxylic acids is 1. The van der Waals surface area contributed by atoms with Crippen LogP contribution in [0.5, 0.6) is 0 Å². The summed E-state index contributed by atoms with van der Waals surface area (Å²) in [5, 5.41) is 7.61. The van der Waals surface area contributed by atoms with E-state index in [0.29, 0.717) is 24.0 Å². The first-order valence-corrected chi connectivity index (χ1v) is 9.00. The van der Waals surface area contributed by atoms with E-state index in [-0.39, 0.29) is 5.91 Å². The molecular formula is C18H18N4O2S. The number of carbonyl (C=O) groups is 1. The highest BCUT2D eigenvalue weighted by Gasteiger charge is 2.11. The summed E-state index contributed by atoms with van der Waals surface area (Å²) in [5.41, 5.74) is 1.64. The van der Waals surface area contributed by atoms with Gasteiger partial charge in [-0.3, -0.25) is 4.79 Å². The molecule has 1 N–H and O–H groups in total. The van der Waals surface area contributed by atoms with Gasteiger partial charge in [0.05, 0.1) is 16.3 Å². The fraction of sp³-hybridized carbons (Fsp3) is 0.222. The molecule has 7 heteroatoms. The van der Waals surface area contributed by atoms with Crippen LogP contribution >= 0.6 is 11.8 Å². The van der Waals surface area contributed by atoms with E-state index in [2.05, 4.69) is 20.4 Å². The number of pyridine rings is 1. The lowest BCUT2D eigenvalue weighted by atomic mass is 10.2. The zero-order chi connectivity index (χ0) is 17.5. The first-order chi connectivity index (χ1) is 12.3. The normalized spacial score (nSPS) is 10.6. The number of amides is 1. The van der Waals surface area contributed by atoms with Crippen molar-refractivity contribution in [3.05, 3.63) is 48.7 Å². The standard InChI is InChI=1S/C18H18N4O2S/c1-2-10-19-15(23)12-25-16-9-8-14(11-20-16)18-21-17(22-24-18)13-6-4-3-5-7-13/h3-9,11H,2,10,12H2,1H3,(H,19,23). The van der Waals surface area contributed by atoms with E-state index in [1.165, 1.54) is 11.8 Å². The number of hydrogen-bond donors (Lipinski definition) is 1. The number of hydrogen-bond acceptors (Lipinski definition) is 6. The monoisotopic (exact) mass is 354 g/mol. The molecule has 3 aromatic rings. The molecule has 0 radical (unpaired) electrons. The second-order valence-electron chi connectivity index (χ2n) is 5.31. The smallest absolute Gasteiger partial charge is 0.259 e. The van der Waals surface area contributed by atoms with E-state index in [1.807, 2.05) is 49.4 Å². The number of rotatable bonds is 7. The zero-order valence-corrected chi connectivity index (χ0v) is 14.6. The lowest BCUT2D eigenvalue weighted by Gasteiger charge is -2.03. The van der Waals surface area contributed by atoms with E-state index in [4.69, 9.17) is 4.52 Å². The topological polar surface area (TPSA) is 80.9 Å². The largest absolute Gasteiger partial charge is 0.355 e. The second kappa shape index (κ2) is 8.43. The highest BCUT2D eigenvalue weighted by atomic mass is 32.2. The van der Waals surface area contributed by atoms with Gasteiger partial charge in [0.25, 0.3) is 5.89 Å². The van der Waals surface area contributed by atoms with Crippen LogP contribution in [0.3, 0.4) is 0 Å². The maximum absolute atomic E-state index is 11.6. The number of nitrogens with one attached hydrogen (secondary N) is 1. The second-order valence-corrected chi connectivity index (χ2v) is 6.31. The lowest BCUT2D eigenvalue weighted by Crippen LogP contribution is -2.25. The molecule has 0 fully saturated rings. The average molecular weight is 354 g/mol. The van der Waals surface area contributed by atoms with E-state index < -0.39 is 0 Å². The van der Waals surface area contributed by atoms with Crippen molar-refractivity contribution in [1.82, 2.24) is 20.4 Å². The van der Waals surface area contributed by atoms with Crippen LogP contribution < -0.4 is 5.32 Å². The molecule has 1 aromatic carbocycles. The summed E-state index contributed by atoms with van der Waals surface area (Å²) in [6.07, 6.45) is 2.60. The summed E-state index contributed by atoms with van der Waals surface area (Å²) in [5.74, 6) is 1.33. The molecule has 0 saturated heterocycles. The summed E-state index contributed by atoms with van der Waals surface area (Å²) in [4.78, 5) is 20.4. The molecule has 0 unspecified atom stereocenters. The Labute approximate surface area is 150 Å². The quantitative estimate of drug-likeness (QED) is 0.655. The van der Waals surface area contributed by atoms with Gasteiger partial charge >= 0.3 is 0 Å². The Morgan fingerprint density at radius 2 is 2.00 bits per heavy atom. The van der Waals surface area contributed by atoms with Crippen LogP contribution in [0.4, 0.5) is 0 Å². The summed E-state index contributed by atoms with van der Waals surface area (Å²) in [6.45, 7) is 2.72. The summed E-state index contributed by atoms with van der Waals surface area (Å²) in [6, 6.07) is 13.4. The molecule has 0 spiro atoms. The van der Waals surface area contributed by atoms with E-state index >= 15 is 0 Å². The van der Waals surface area contributed by atoms with Crippen molar-refractivity contribution in [2.45, 2.75) is 18.4 Å². The maximum atomic E-state index is 11.6. The van der Waals surface area contributed by atoms with E-state index in [9.17, 15) is 4.79 Å². The van der Waals surface area contributed by atoms with Crippen LogP contribution in [0, 0.1) is 0 Å². The van der Waals surface area contributed by atoms with Crippen molar-refractivity contribution >= 4 is 17.7 Å². The van der Waals surface area contributed by atoms with E-state index in [1.54, 1.807) is 6.20 Å². The van der Waals surface area contributed by atoms with Crippen molar-refractivity contribution < 1.29 is 9.32 Å². The van der Waals surface area contributed by atoms with Crippen molar-refractivity contribution in [1.29, 1.82) is 0 Å². The van der Waals surface area contributed by atoms with Crippen LogP contribution in [0.25, 0.3) is 22.8 Å². The van der Waals surface area contributed by atoms with Crippen LogP contribution in [0.15, 0.2) is 58.2 Å². The molecule has 0 aliphatic rings. The van der Waals surface area contributed by atoms with Gasteiger partial charge in [0.2, 0.25) is 11.7 Å². The first kappa shape index (κ1) is 17.2. The Morgan fingerprint density at radius 1 is 1.16 bits per heavy atom. The molecule has 2 heterocycles. The molecule has 3 rings (SSSR count). The van der Waals surface area contributed by atoms with Gasteiger partial charge in [-0.1, -0.05) is 54.2 Å². The Kier molecular flexibility index (Phi) is 5.79. The minimum absolute atomic E-state index is 0.0159. The van der Waals surface area contributed by atoms with Crippen LogP contribution in [-0.2, 0) is 4.79 Å². The highest BCUT2D eigenvalue weighted by Crippen LogP contribution is 2.23. The number of benzene rings is 1. The molecule has 128 valence electrons. The van der Waals surface area contributed by atoms with Crippen LogP contribution in [0.1, 0.15) is 13.3 Å². The fourth-order valence-electron chi connectivity index (χ4n) is 2.09. The minimum Gasteiger partial charge on any atom is -0.355 e. The average Bonchev–Trinajstić information content (AvgIpc) is 3.16. The zero-order valence-electron chi connectivity index (χ0n) is 13.8. The van der Waals surface area contributed by atoms with Gasteiger partial charge in [-0.2, -0.15) is 4.98 Å². The number of aromatic nitrogens is 3. The van der Waals surface area contributed by atoms with Crippen LogP contribution in [0.2, 0.25) is 0 Å². The molecule has 6 nitrogen and oxygen atoms in total. The number of nitrogens with zero attached hydrogens (tertiary/aromatic N) is 3. The molecule has 0 aliphatic heterocycles. The Morgan fingerprint density at radius 3 is 2.72 bits per heavy atom. The van der Waals surface area contributed by atoms with Gasteiger partial charge in [0.15, 0.2) is 0 Å². The Balaban J connectivity index is 1.63. The van der Waals surface area contributed by atoms with Crippen molar-refractivity contribution in [3.8, 4) is 22.8 Å². The predicted molar refractivity (Wildman–Crippen MR) is 97.0 cm³/mol. The summed E-state index contributed by atoms with van der Waals surface area (Å²) in [7, 11) is 0. The van der Waals surface area contributed by atoms with Gasteiger partial charge in [-0.15, -0.1) is 0 Å². The van der Waals surface area contributed by atoms with Crippen molar-refractivity contribution in [3.63, 3.8) is 0 Å². The predicted octanol–water partition coefficient (Wildman–Crippen LogP) is 3.42. The molecule has 0 saturated carbocycles. The molecule has 2 aromatic heterocycles. The summed E-state index contributed by atoms with van der Waals surface area (Å²) < 4.78 is 5.32. The Hall–Kier alpha value is -2.67. The van der Waals surface area contributed by atoms with Gasteiger partial charge in [0, 0.05) is 18.3 Å². The lowest BCUT2D eigenvalue weighted by molar-refractivity contribution is -0.118. The SMILES string of the molecule is CCCNC(=O)CSc1ccc(-c2nc(-c3ccccc3)no2)cn1. The van der Waals surface area contributed by atoms with Crippen LogP contribution in [-0.4, -0.2) is 33.3 Å². The fourth-order valence-corrected chi connectivity index (χ4v) is 2.76. The third kappa shape index (κ3) is 4.67. The van der Waals surface area contributed by atoms with Gasteiger partial charge in [0.1, 0.15) is 0 Å². The summed E-state index contributed by atoms with van der Waals surface area (Å²) >= 11 is 1.40. The molecule has 0 atom stereocenters. The third-order valence-electron chi connectivity index (χ3n) is 3.36. The molecular weight excluding hydrogens is 336 g/mol. The molecule has 0 bridgehead atoms. The van der Waals surface area contributed by atoms with Crippen molar-refractivity contribution in [2.24, 2.45) is 0 Å². The van der Waals surface area contributed by atoms with Gasteiger partial charge in [-0.25, -0.2) is 4.98 Å². The molecule has 25 heavy (non-hydrogen) atoms. The van der Waals surface area contributed by atoms with Gasteiger partial charge in [-0.05, 0) is 18.6 Å². The third-order valence-corrected chi connectivity index (χ3v) is 4.31. The Bertz CT molecular complexity index is 819. The number of thioether (sulfide) groups is 1. The molecule has 0 aliphatic carbocycles. The highest BCUT2D eigenvalue weighted by molar-refractivity contribution is 7.99. The van der Waals surface area contributed by atoms with E-state index in [0.717, 1.165) is 22.6 Å². The minimum atomic E-state index is 0.0159. The maximum Gasteiger partial charge on any atom is 0.259 e. The molecule has 1 amide bonds. The first-order valence-electron chi connectivity index (χ1n) is 8.01.